The fourth-order valence-corrected chi connectivity index (χ4v) is 2.72. The Morgan fingerprint density at radius 3 is 2.65 bits per heavy atom. The number of amides is 1. The number of anilines is 1. The van der Waals surface area contributed by atoms with E-state index in [1.165, 1.54) is 18.5 Å². The number of rotatable bonds is 6. The molecule has 0 aromatic carbocycles. The van der Waals surface area contributed by atoms with Gasteiger partial charge in [0.2, 0.25) is 10.0 Å². The standard InChI is InChI=1S/C11H19N5O3S/c1-11(2,16-20(3,18)19)7-14-10(17)8-4-5-13-6-9(8)15-12/h4-6,15-16H,7,12H2,1-3H3,(H,14,17). The molecule has 0 atom stereocenters. The molecule has 5 N–H and O–H groups in total. The van der Waals surface area contributed by atoms with Crippen LogP contribution in [-0.2, 0) is 10.0 Å². The van der Waals surface area contributed by atoms with Crippen molar-refractivity contribution < 1.29 is 13.2 Å². The Labute approximate surface area is 118 Å². The molecule has 0 unspecified atom stereocenters. The van der Waals surface area contributed by atoms with E-state index in [9.17, 15) is 13.2 Å². The summed E-state index contributed by atoms with van der Waals surface area (Å²) in [5, 5.41) is 2.65. The Bertz CT molecular complexity index is 585. The summed E-state index contributed by atoms with van der Waals surface area (Å²) in [5.74, 6) is 4.92. The minimum absolute atomic E-state index is 0.130. The van der Waals surface area contributed by atoms with Gasteiger partial charge in [-0.15, -0.1) is 0 Å². The van der Waals surface area contributed by atoms with Crippen LogP contribution < -0.4 is 21.3 Å². The molecule has 0 aliphatic heterocycles. The van der Waals surface area contributed by atoms with Gasteiger partial charge in [0.15, 0.2) is 0 Å². The number of carbonyl (C=O) groups excluding carboxylic acids is 1. The predicted octanol–water partition coefficient (Wildman–Crippen LogP) is -0.575. The van der Waals surface area contributed by atoms with Gasteiger partial charge in [0.1, 0.15) is 0 Å². The summed E-state index contributed by atoms with van der Waals surface area (Å²) in [6.07, 6.45) is 3.96. The van der Waals surface area contributed by atoms with Crippen molar-refractivity contribution in [3.8, 4) is 0 Å². The molecule has 1 rings (SSSR count). The van der Waals surface area contributed by atoms with E-state index in [2.05, 4.69) is 20.4 Å². The van der Waals surface area contributed by atoms with Crippen LogP contribution in [-0.4, -0.2) is 37.6 Å². The second-order valence-electron chi connectivity index (χ2n) is 5.01. The van der Waals surface area contributed by atoms with Crippen LogP contribution in [0, 0.1) is 0 Å². The van der Waals surface area contributed by atoms with Gasteiger partial charge >= 0.3 is 0 Å². The molecule has 0 bridgehead atoms. The number of nitrogens with one attached hydrogen (secondary N) is 3. The van der Waals surface area contributed by atoms with Gasteiger partial charge in [-0.05, 0) is 19.9 Å². The van der Waals surface area contributed by atoms with Crippen LogP contribution in [0.4, 0.5) is 5.69 Å². The van der Waals surface area contributed by atoms with Gasteiger partial charge in [0, 0.05) is 18.3 Å². The van der Waals surface area contributed by atoms with Crippen molar-refractivity contribution in [1.82, 2.24) is 15.0 Å². The third kappa shape index (κ3) is 5.11. The maximum absolute atomic E-state index is 12.0. The van der Waals surface area contributed by atoms with E-state index in [0.717, 1.165) is 6.26 Å². The van der Waals surface area contributed by atoms with Gasteiger partial charge in [-0.2, -0.15) is 0 Å². The normalized spacial score (nSPS) is 12.0. The second-order valence-corrected chi connectivity index (χ2v) is 6.75. The minimum Gasteiger partial charge on any atom is -0.350 e. The molecule has 0 radical (unpaired) electrons. The molecule has 0 saturated heterocycles. The lowest BCUT2D eigenvalue weighted by Gasteiger charge is -2.25. The second kappa shape index (κ2) is 6.16. The van der Waals surface area contributed by atoms with Crippen molar-refractivity contribution in [2.24, 2.45) is 5.84 Å². The molecule has 1 heterocycles. The summed E-state index contributed by atoms with van der Waals surface area (Å²) in [4.78, 5) is 15.9. The fraction of sp³-hybridized carbons (Fsp3) is 0.455. The Morgan fingerprint density at radius 2 is 2.10 bits per heavy atom. The zero-order valence-electron chi connectivity index (χ0n) is 11.6. The van der Waals surface area contributed by atoms with Crippen molar-refractivity contribution in [1.29, 1.82) is 0 Å². The molecule has 0 aliphatic carbocycles. The number of hydrogen-bond acceptors (Lipinski definition) is 6. The van der Waals surface area contributed by atoms with Crippen molar-refractivity contribution >= 4 is 21.6 Å². The van der Waals surface area contributed by atoms with E-state index in [4.69, 9.17) is 5.84 Å². The highest BCUT2D eigenvalue weighted by molar-refractivity contribution is 7.88. The van der Waals surface area contributed by atoms with Gasteiger partial charge in [-0.25, -0.2) is 13.1 Å². The Kier molecular flexibility index (Phi) is 5.03. The molecule has 9 heteroatoms. The van der Waals surface area contributed by atoms with Crippen LogP contribution in [0.3, 0.4) is 0 Å². The van der Waals surface area contributed by atoms with E-state index in [-0.39, 0.29) is 12.5 Å². The first-order valence-electron chi connectivity index (χ1n) is 5.82. The summed E-state index contributed by atoms with van der Waals surface area (Å²) < 4.78 is 24.8. The van der Waals surface area contributed by atoms with Crippen molar-refractivity contribution in [3.05, 3.63) is 24.0 Å². The number of nitrogen functional groups attached to an aromatic ring is 1. The number of hydrogen-bond donors (Lipinski definition) is 4. The molecule has 0 spiro atoms. The van der Waals surface area contributed by atoms with E-state index in [1.807, 2.05) is 0 Å². The van der Waals surface area contributed by atoms with Crippen LogP contribution >= 0.6 is 0 Å². The Hall–Kier alpha value is -1.71. The van der Waals surface area contributed by atoms with Crippen LogP contribution in [0.1, 0.15) is 24.2 Å². The lowest BCUT2D eigenvalue weighted by Crippen LogP contribution is -2.51. The SMILES string of the molecule is CC(C)(CNC(=O)c1ccncc1NN)NS(C)(=O)=O. The van der Waals surface area contributed by atoms with E-state index < -0.39 is 15.6 Å². The molecule has 0 aliphatic rings. The number of sulfonamides is 1. The molecular formula is C11H19N5O3S. The number of aromatic nitrogens is 1. The quantitative estimate of drug-likeness (QED) is 0.411. The van der Waals surface area contributed by atoms with E-state index >= 15 is 0 Å². The van der Waals surface area contributed by atoms with Crippen LogP contribution in [0.25, 0.3) is 0 Å². The molecule has 1 amide bonds. The molecular weight excluding hydrogens is 282 g/mol. The van der Waals surface area contributed by atoms with Gasteiger partial charge in [0.25, 0.3) is 5.91 Å². The maximum atomic E-state index is 12.0. The van der Waals surface area contributed by atoms with Crippen molar-refractivity contribution in [2.75, 3.05) is 18.2 Å². The molecule has 8 nitrogen and oxygen atoms in total. The molecule has 112 valence electrons. The number of nitrogens with zero attached hydrogens (tertiary/aromatic N) is 1. The lowest BCUT2D eigenvalue weighted by atomic mass is 10.1. The summed E-state index contributed by atoms with van der Waals surface area (Å²) in [6, 6.07) is 1.52. The highest BCUT2D eigenvalue weighted by Crippen LogP contribution is 2.12. The van der Waals surface area contributed by atoms with E-state index in [0.29, 0.717) is 11.3 Å². The van der Waals surface area contributed by atoms with Crippen molar-refractivity contribution in [3.63, 3.8) is 0 Å². The smallest absolute Gasteiger partial charge is 0.253 e. The summed E-state index contributed by atoms with van der Waals surface area (Å²) in [7, 11) is -3.35. The maximum Gasteiger partial charge on any atom is 0.253 e. The monoisotopic (exact) mass is 301 g/mol. The summed E-state index contributed by atoms with van der Waals surface area (Å²) in [5.41, 5.74) is 2.30. The summed E-state index contributed by atoms with van der Waals surface area (Å²) >= 11 is 0. The first-order chi connectivity index (χ1) is 9.14. The Balaban J connectivity index is 2.72. The van der Waals surface area contributed by atoms with Gasteiger partial charge in [0.05, 0.1) is 23.7 Å². The number of nitrogens with two attached hydrogens (primary N) is 1. The molecule has 20 heavy (non-hydrogen) atoms. The number of carbonyl (C=O) groups is 1. The fourth-order valence-electron chi connectivity index (χ4n) is 1.64. The predicted molar refractivity (Wildman–Crippen MR) is 76.4 cm³/mol. The highest BCUT2D eigenvalue weighted by Gasteiger charge is 2.23. The molecule has 0 fully saturated rings. The molecule has 1 aromatic rings. The minimum atomic E-state index is -3.35. The Morgan fingerprint density at radius 1 is 1.45 bits per heavy atom. The average molecular weight is 301 g/mol. The first kappa shape index (κ1) is 16.3. The number of hydrazine groups is 1. The largest absolute Gasteiger partial charge is 0.350 e. The summed E-state index contributed by atoms with van der Waals surface area (Å²) in [6.45, 7) is 3.47. The van der Waals surface area contributed by atoms with Crippen molar-refractivity contribution in [2.45, 2.75) is 19.4 Å². The van der Waals surface area contributed by atoms with Gasteiger partial charge in [-0.3, -0.25) is 15.6 Å². The topological polar surface area (TPSA) is 126 Å². The third-order valence-electron chi connectivity index (χ3n) is 2.37. The first-order valence-corrected chi connectivity index (χ1v) is 7.71. The zero-order chi connectivity index (χ0) is 15.4. The molecule has 1 aromatic heterocycles. The zero-order valence-corrected chi connectivity index (χ0v) is 12.4. The van der Waals surface area contributed by atoms with Gasteiger partial charge < -0.3 is 10.7 Å². The highest BCUT2D eigenvalue weighted by atomic mass is 32.2. The number of pyridine rings is 1. The van der Waals surface area contributed by atoms with Crippen LogP contribution in [0.2, 0.25) is 0 Å². The van der Waals surface area contributed by atoms with Crippen LogP contribution in [0.5, 0.6) is 0 Å². The lowest BCUT2D eigenvalue weighted by molar-refractivity contribution is 0.0945. The average Bonchev–Trinajstić information content (AvgIpc) is 2.33. The van der Waals surface area contributed by atoms with E-state index in [1.54, 1.807) is 13.8 Å². The molecule has 0 saturated carbocycles. The third-order valence-corrected chi connectivity index (χ3v) is 3.30. The van der Waals surface area contributed by atoms with Gasteiger partial charge in [-0.1, -0.05) is 0 Å². The van der Waals surface area contributed by atoms with Crippen LogP contribution in [0.15, 0.2) is 18.5 Å².